The Kier molecular flexibility index (Phi) is 3.23. The Bertz CT molecular complexity index is 964. The highest BCUT2D eigenvalue weighted by Gasteiger charge is 2.17. The lowest BCUT2D eigenvalue weighted by Crippen LogP contribution is -1.95. The van der Waals surface area contributed by atoms with Gasteiger partial charge >= 0.3 is 0 Å². The van der Waals surface area contributed by atoms with Gasteiger partial charge in [-0.2, -0.15) is 0 Å². The molecule has 4 rings (SSSR count). The molecule has 0 saturated heterocycles. The number of nitrogens with one attached hydrogen (secondary N) is 1. The zero-order valence-corrected chi connectivity index (χ0v) is 12.8. The average molecular weight is 305 g/mol. The summed E-state index contributed by atoms with van der Waals surface area (Å²) in [5.41, 5.74) is 5.04. The summed E-state index contributed by atoms with van der Waals surface area (Å²) in [7, 11) is 0. The molecule has 0 aliphatic carbocycles. The number of benzene rings is 2. The fourth-order valence-corrected chi connectivity index (χ4v) is 2.99. The van der Waals surface area contributed by atoms with Gasteiger partial charge in [-0.1, -0.05) is 18.2 Å². The average Bonchev–Trinajstić information content (AvgIpc) is 3.18. The number of rotatable bonds is 3. The summed E-state index contributed by atoms with van der Waals surface area (Å²) in [6.07, 6.45) is 3.86. The molecule has 0 atom stereocenters. The van der Waals surface area contributed by atoms with Crippen molar-refractivity contribution in [3.8, 4) is 22.5 Å². The number of imidazole rings is 1. The molecule has 0 unspecified atom stereocenters. The van der Waals surface area contributed by atoms with E-state index < -0.39 is 0 Å². The van der Waals surface area contributed by atoms with Gasteiger partial charge in [0.2, 0.25) is 0 Å². The largest absolute Gasteiger partial charge is 0.360 e. The van der Waals surface area contributed by atoms with Crippen LogP contribution in [0.4, 0.5) is 4.39 Å². The molecule has 0 saturated carbocycles. The van der Waals surface area contributed by atoms with E-state index in [0.717, 1.165) is 40.0 Å². The molecular formula is C19H16FN3. The van der Waals surface area contributed by atoms with Crippen LogP contribution in [0.1, 0.15) is 6.92 Å². The number of aromatic nitrogens is 3. The molecule has 0 amide bonds. The number of hydrogen-bond donors (Lipinski definition) is 1. The summed E-state index contributed by atoms with van der Waals surface area (Å²) in [5.74, 6) is -0.239. The Labute approximate surface area is 133 Å². The first-order valence-corrected chi connectivity index (χ1v) is 7.65. The molecule has 2 heterocycles. The van der Waals surface area contributed by atoms with E-state index in [-0.39, 0.29) is 5.82 Å². The van der Waals surface area contributed by atoms with Crippen LogP contribution in [0.5, 0.6) is 0 Å². The molecular weight excluding hydrogens is 289 g/mol. The number of hydrogen-bond acceptors (Lipinski definition) is 1. The van der Waals surface area contributed by atoms with E-state index in [0.29, 0.717) is 0 Å². The normalized spacial score (nSPS) is 11.2. The molecule has 0 aliphatic rings. The summed E-state index contributed by atoms with van der Waals surface area (Å²) in [6.45, 7) is 2.91. The van der Waals surface area contributed by atoms with Crippen molar-refractivity contribution in [2.75, 3.05) is 0 Å². The number of H-pyrrole nitrogens is 1. The molecule has 23 heavy (non-hydrogen) atoms. The SMILES string of the molecule is CCn1cnc(-c2ccc(F)cc2)c1-c1c[nH]c2ccccc12. The van der Waals surface area contributed by atoms with Crippen LogP contribution in [0.3, 0.4) is 0 Å². The standard InChI is InChI=1S/C19H16FN3/c1-2-23-12-22-18(13-7-9-14(20)10-8-13)19(23)16-11-21-17-6-4-3-5-15(16)17/h3-12,21H,2H2,1H3. The van der Waals surface area contributed by atoms with Gasteiger partial charge in [0.15, 0.2) is 0 Å². The molecule has 1 N–H and O–H groups in total. The van der Waals surface area contributed by atoms with E-state index in [1.807, 2.05) is 24.7 Å². The summed E-state index contributed by atoms with van der Waals surface area (Å²) in [5, 5.41) is 1.16. The van der Waals surface area contributed by atoms with Crippen molar-refractivity contribution in [1.82, 2.24) is 14.5 Å². The predicted molar refractivity (Wildman–Crippen MR) is 90.6 cm³/mol. The molecule has 2 aromatic carbocycles. The first-order valence-electron chi connectivity index (χ1n) is 7.65. The molecule has 0 spiro atoms. The maximum Gasteiger partial charge on any atom is 0.123 e. The Balaban J connectivity index is 1.97. The van der Waals surface area contributed by atoms with E-state index in [9.17, 15) is 4.39 Å². The Morgan fingerprint density at radius 2 is 1.87 bits per heavy atom. The second-order valence-electron chi connectivity index (χ2n) is 5.48. The van der Waals surface area contributed by atoms with Crippen LogP contribution in [0.15, 0.2) is 61.1 Å². The molecule has 0 radical (unpaired) electrons. The third kappa shape index (κ3) is 2.23. The second kappa shape index (κ2) is 5.39. The van der Waals surface area contributed by atoms with Gasteiger partial charge in [-0.05, 0) is 37.3 Å². The molecule has 2 aromatic heterocycles. The Hall–Kier alpha value is -2.88. The van der Waals surface area contributed by atoms with Crippen LogP contribution in [-0.2, 0) is 6.54 Å². The number of fused-ring (bicyclic) bond motifs is 1. The van der Waals surface area contributed by atoms with E-state index in [4.69, 9.17) is 0 Å². The molecule has 4 aromatic rings. The van der Waals surface area contributed by atoms with Crippen molar-refractivity contribution in [2.45, 2.75) is 13.5 Å². The lowest BCUT2D eigenvalue weighted by atomic mass is 10.0. The van der Waals surface area contributed by atoms with Crippen LogP contribution in [-0.4, -0.2) is 14.5 Å². The monoisotopic (exact) mass is 305 g/mol. The zero-order chi connectivity index (χ0) is 15.8. The third-order valence-electron chi connectivity index (χ3n) is 4.14. The lowest BCUT2D eigenvalue weighted by Gasteiger charge is -2.08. The van der Waals surface area contributed by atoms with Crippen molar-refractivity contribution >= 4 is 10.9 Å². The van der Waals surface area contributed by atoms with Gasteiger partial charge in [0.05, 0.1) is 17.7 Å². The number of nitrogens with zero attached hydrogens (tertiary/aromatic N) is 2. The van der Waals surface area contributed by atoms with Crippen molar-refractivity contribution in [3.05, 3.63) is 66.9 Å². The summed E-state index contributed by atoms with van der Waals surface area (Å²) >= 11 is 0. The van der Waals surface area contributed by atoms with Gasteiger partial charge in [-0.15, -0.1) is 0 Å². The van der Waals surface area contributed by atoms with Crippen LogP contribution >= 0.6 is 0 Å². The van der Waals surface area contributed by atoms with Gasteiger partial charge < -0.3 is 9.55 Å². The molecule has 4 heteroatoms. The van der Waals surface area contributed by atoms with Crippen molar-refractivity contribution in [3.63, 3.8) is 0 Å². The summed E-state index contributed by atoms with van der Waals surface area (Å²) in [6, 6.07) is 14.7. The molecule has 0 bridgehead atoms. The first-order chi connectivity index (χ1) is 11.3. The topological polar surface area (TPSA) is 33.6 Å². The van der Waals surface area contributed by atoms with Crippen molar-refractivity contribution in [1.29, 1.82) is 0 Å². The maximum atomic E-state index is 13.2. The zero-order valence-electron chi connectivity index (χ0n) is 12.8. The minimum atomic E-state index is -0.239. The van der Waals surface area contributed by atoms with Gasteiger partial charge in [0.1, 0.15) is 5.82 Å². The van der Waals surface area contributed by atoms with Crippen LogP contribution < -0.4 is 0 Å². The van der Waals surface area contributed by atoms with Gasteiger partial charge in [0, 0.05) is 34.8 Å². The second-order valence-corrected chi connectivity index (χ2v) is 5.48. The number of para-hydroxylation sites is 1. The first kappa shape index (κ1) is 13.8. The number of aryl methyl sites for hydroxylation is 1. The van der Waals surface area contributed by atoms with E-state index in [1.165, 1.54) is 12.1 Å². The van der Waals surface area contributed by atoms with E-state index in [1.54, 1.807) is 12.1 Å². The molecule has 114 valence electrons. The van der Waals surface area contributed by atoms with Gasteiger partial charge in [-0.25, -0.2) is 9.37 Å². The Morgan fingerprint density at radius 1 is 1.09 bits per heavy atom. The van der Waals surface area contributed by atoms with Crippen LogP contribution in [0.2, 0.25) is 0 Å². The lowest BCUT2D eigenvalue weighted by molar-refractivity contribution is 0.628. The van der Waals surface area contributed by atoms with Crippen molar-refractivity contribution in [2.24, 2.45) is 0 Å². The van der Waals surface area contributed by atoms with E-state index in [2.05, 4.69) is 33.6 Å². The molecule has 3 nitrogen and oxygen atoms in total. The van der Waals surface area contributed by atoms with E-state index >= 15 is 0 Å². The predicted octanol–water partition coefficient (Wildman–Crippen LogP) is 4.86. The molecule has 0 aliphatic heterocycles. The smallest absolute Gasteiger partial charge is 0.123 e. The number of halogens is 1. The van der Waals surface area contributed by atoms with Crippen LogP contribution in [0, 0.1) is 5.82 Å². The Morgan fingerprint density at radius 3 is 2.65 bits per heavy atom. The highest BCUT2D eigenvalue weighted by Crippen LogP contribution is 2.35. The fraction of sp³-hybridized carbons (Fsp3) is 0.105. The minimum absolute atomic E-state index is 0.239. The highest BCUT2D eigenvalue weighted by molar-refractivity contribution is 5.97. The highest BCUT2D eigenvalue weighted by atomic mass is 19.1. The quantitative estimate of drug-likeness (QED) is 0.576. The van der Waals surface area contributed by atoms with Gasteiger partial charge in [0.25, 0.3) is 0 Å². The number of aromatic amines is 1. The minimum Gasteiger partial charge on any atom is -0.360 e. The fourth-order valence-electron chi connectivity index (χ4n) is 2.99. The summed E-state index contributed by atoms with van der Waals surface area (Å²) in [4.78, 5) is 7.89. The summed E-state index contributed by atoms with van der Waals surface area (Å²) < 4.78 is 15.3. The van der Waals surface area contributed by atoms with Gasteiger partial charge in [-0.3, -0.25) is 0 Å². The third-order valence-corrected chi connectivity index (χ3v) is 4.14. The maximum absolute atomic E-state index is 13.2. The van der Waals surface area contributed by atoms with Crippen molar-refractivity contribution < 1.29 is 4.39 Å². The molecule has 0 fully saturated rings. The van der Waals surface area contributed by atoms with Crippen LogP contribution in [0.25, 0.3) is 33.4 Å².